The SMILES string of the molecule is CC(C)(CN1CCCCCC1)NC(=O)c1nc2ncccc2[nH]1. The summed E-state index contributed by atoms with van der Waals surface area (Å²) in [6.07, 6.45) is 6.80. The molecule has 0 saturated carbocycles. The molecule has 6 heteroatoms. The zero-order valence-electron chi connectivity index (χ0n) is 13.9. The van der Waals surface area contributed by atoms with E-state index in [1.807, 2.05) is 12.1 Å². The van der Waals surface area contributed by atoms with Gasteiger partial charge in [-0.05, 0) is 51.9 Å². The number of nitrogens with zero attached hydrogens (tertiary/aromatic N) is 3. The molecule has 0 atom stereocenters. The lowest BCUT2D eigenvalue weighted by molar-refractivity contribution is 0.0878. The molecule has 1 aliphatic heterocycles. The van der Waals surface area contributed by atoms with E-state index >= 15 is 0 Å². The van der Waals surface area contributed by atoms with E-state index in [4.69, 9.17) is 0 Å². The number of hydrogen-bond donors (Lipinski definition) is 2. The Morgan fingerprint density at radius 3 is 2.74 bits per heavy atom. The number of likely N-dealkylation sites (tertiary alicyclic amines) is 1. The van der Waals surface area contributed by atoms with Crippen molar-refractivity contribution in [3.8, 4) is 0 Å². The lowest BCUT2D eigenvalue weighted by Crippen LogP contribution is -2.51. The predicted molar refractivity (Wildman–Crippen MR) is 90.3 cm³/mol. The van der Waals surface area contributed by atoms with E-state index < -0.39 is 0 Å². The van der Waals surface area contributed by atoms with Crippen LogP contribution in [0.5, 0.6) is 0 Å². The van der Waals surface area contributed by atoms with Crippen molar-refractivity contribution in [1.29, 1.82) is 0 Å². The fourth-order valence-corrected chi connectivity index (χ4v) is 3.21. The molecular weight excluding hydrogens is 290 g/mol. The van der Waals surface area contributed by atoms with Crippen LogP contribution < -0.4 is 5.32 Å². The molecule has 1 aliphatic rings. The van der Waals surface area contributed by atoms with Crippen LogP contribution in [0, 0.1) is 0 Å². The van der Waals surface area contributed by atoms with Crippen LogP contribution in [0.2, 0.25) is 0 Å². The van der Waals surface area contributed by atoms with Crippen LogP contribution >= 0.6 is 0 Å². The number of aromatic amines is 1. The summed E-state index contributed by atoms with van der Waals surface area (Å²) < 4.78 is 0. The first-order chi connectivity index (χ1) is 11.0. The highest BCUT2D eigenvalue weighted by Gasteiger charge is 2.26. The lowest BCUT2D eigenvalue weighted by Gasteiger charge is -2.32. The highest BCUT2D eigenvalue weighted by molar-refractivity contribution is 5.93. The number of carbonyl (C=O) groups is 1. The molecule has 0 radical (unpaired) electrons. The number of aromatic nitrogens is 3. The summed E-state index contributed by atoms with van der Waals surface area (Å²) in [7, 11) is 0. The molecule has 3 rings (SSSR count). The summed E-state index contributed by atoms with van der Waals surface area (Å²) in [5.74, 6) is 0.144. The van der Waals surface area contributed by atoms with Gasteiger partial charge < -0.3 is 15.2 Å². The monoisotopic (exact) mass is 315 g/mol. The van der Waals surface area contributed by atoms with Crippen LogP contribution in [0.3, 0.4) is 0 Å². The van der Waals surface area contributed by atoms with Crippen molar-refractivity contribution in [3.63, 3.8) is 0 Å². The van der Waals surface area contributed by atoms with Gasteiger partial charge in [-0.2, -0.15) is 0 Å². The van der Waals surface area contributed by atoms with Crippen molar-refractivity contribution in [2.45, 2.75) is 45.1 Å². The van der Waals surface area contributed by atoms with E-state index in [-0.39, 0.29) is 11.4 Å². The maximum Gasteiger partial charge on any atom is 0.287 e. The standard InChI is InChI=1S/C17H25N5O/c1-17(2,12-22-10-5-3-4-6-11-22)21-16(23)15-19-13-8-7-9-18-14(13)20-15/h7-9H,3-6,10-12H2,1-2H3,(H,21,23)(H,18,19,20). The summed E-state index contributed by atoms with van der Waals surface area (Å²) in [5, 5.41) is 3.10. The number of fused-ring (bicyclic) bond motifs is 1. The van der Waals surface area contributed by atoms with Crippen LogP contribution in [0.1, 0.15) is 50.1 Å². The molecule has 0 bridgehead atoms. The molecule has 3 heterocycles. The van der Waals surface area contributed by atoms with Gasteiger partial charge in [0, 0.05) is 18.3 Å². The molecule has 2 aromatic rings. The first-order valence-electron chi connectivity index (χ1n) is 8.39. The molecular formula is C17H25N5O. The molecule has 0 aromatic carbocycles. The van der Waals surface area contributed by atoms with Gasteiger partial charge in [-0.1, -0.05) is 12.8 Å². The molecule has 2 aromatic heterocycles. The average molecular weight is 315 g/mol. The van der Waals surface area contributed by atoms with E-state index in [1.165, 1.54) is 25.7 Å². The molecule has 1 amide bonds. The van der Waals surface area contributed by atoms with E-state index in [1.54, 1.807) is 6.20 Å². The smallest absolute Gasteiger partial charge is 0.287 e. The fraction of sp³-hybridized carbons (Fsp3) is 0.588. The predicted octanol–water partition coefficient (Wildman–Crippen LogP) is 2.34. The van der Waals surface area contributed by atoms with Gasteiger partial charge >= 0.3 is 0 Å². The molecule has 2 N–H and O–H groups in total. The van der Waals surface area contributed by atoms with Crippen molar-refractivity contribution in [1.82, 2.24) is 25.2 Å². The minimum absolute atomic E-state index is 0.178. The Hall–Kier alpha value is -1.95. The number of imidazole rings is 1. The van der Waals surface area contributed by atoms with Crippen LogP contribution in [-0.2, 0) is 0 Å². The quantitative estimate of drug-likeness (QED) is 0.908. The number of nitrogens with one attached hydrogen (secondary N) is 2. The second kappa shape index (κ2) is 6.66. The third kappa shape index (κ3) is 4.07. The number of H-pyrrole nitrogens is 1. The van der Waals surface area contributed by atoms with Crippen molar-refractivity contribution in [2.75, 3.05) is 19.6 Å². The average Bonchev–Trinajstić information content (AvgIpc) is 2.78. The van der Waals surface area contributed by atoms with Gasteiger partial charge in [0.05, 0.1) is 5.52 Å². The van der Waals surface area contributed by atoms with E-state index in [9.17, 15) is 4.79 Å². The summed E-state index contributed by atoms with van der Waals surface area (Å²) >= 11 is 0. The van der Waals surface area contributed by atoms with Crippen LogP contribution in [0.4, 0.5) is 0 Å². The summed E-state index contributed by atoms with van der Waals surface area (Å²) in [6, 6.07) is 3.69. The number of pyridine rings is 1. The van der Waals surface area contributed by atoms with Crippen molar-refractivity contribution in [2.24, 2.45) is 0 Å². The molecule has 6 nitrogen and oxygen atoms in total. The third-order valence-electron chi connectivity index (χ3n) is 4.24. The maximum atomic E-state index is 12.5. The number of hydrogen-bond acceptors (Lipinski definition) is 4. The van der Waals surface area contributed by atoms with Gasteiger partial charge in [0.1, 0.15) is 0 Å². The number of rotatable bonds is 4. The first-order valence-corrected chi connectivity index (χ1v) is 8.39. The second-order valence-corrected chi connectivity index (χ2v) is 6.99. The van der Waals surface area contributed by atoms with Crippen molar-refractivity contribution in [3.05, 3.63) is 24.2 Å². The molecule has 0 aliphatic carbocycles. The Labute approximate surface area is 136 Å². The van der Waals surface area contributed by atoms with E-state index in [2.05, 4.69) is 39.0 Å². The highest BCUT2D eigenvalue weighted by atomic mass is 16.2. The highest BCUT2D eigenvalue weighted by Crippen LogP contribution is 2.14. The zero-order valence-corrected chi connectivity index (χ0v) is 13.9. The Kier molecular flexibility index (Phi) is 4.61. The van der Waals surface area contributed by atoms with Gasteiger partial charge in [-0.15, -0.1) is 0 Å². The Bertz CT molecular complexity index is 637. The largest absolute Gasteiger partial charge is 0.343 e. The van der Waals surface area contributed by atoms with E-state index in [0.29, 0.717) is 11.5 Å². The fourth-order valence-electron chi connectivity index (χ4n) is 3.21. The number of amides is 1. The number of carbonyl (C=O) groups excluding carboxylic acids is 1. The Balaban J connectivity index is 1.65. The van der Waals surface area contributed by atoms with Crippen molar-refractivity contribution < 1.29 is 4.79 Å². The Morgan fingerprint density at radius 2 is 2.04 bits per heavy atom. The molecule has 23 heavy (non-hydrogen) atoms. The molecule has 0 unspecified atom stereocenters. The molecule has 1 fully saturated rings. The third-order valence-corrected chi connectivity index (χ3v) is 4.24. The summed E-state index contributed by atoms with van der Waals surface area (Å²) in [6.45, 7) is 7.23. The Morgan fingerprint density at radius 1 is 1.30 bits per heavy atom. The van der Waals surface area contributed by atoms with Gasteiger partial charge in [0.25, 0.3) is 5.91 Å². The summed E-state index contributed by atoms with van der Waals surface area (Å²) in [5.41, 5.74) is 1.05. The topological polar surface area (TPSA) is 73.9 Å². The molecule has 1 saturated heterocycles. The minimum atomic E-state index is -0.298. The lowest BCUT2D eigenvalue weighted by atomic mass is 10.0. The van der Waals surface area contributed by atoms with Crippen molar-refractivity contribution >= 4 is 17.1 Å². The van der Waals surface area contributed by atoms with Gasteiger partial charge in [-0.3, -0.25) is 4.79 Å². The van der Waals surface area contributed by atoms with Crippen LogP contribution in [-0.4, -0.2) is 50.9 Å². The van der Waals surface area contributed by atoms with Crippen LogP contribution in [0.15, 0.2) is 18.3 Å². The summed E-state index contributed by atoms with van der Waals surface area (Å²) in [4.78, 5) is 26.4. The first kappa shape index (κ1) is 15.9. The van der Waals surface area contributed by atoms with Gasteiger partial charge in [-0.25, -0.2) is 9.97 Å². The molecule has 0 spiro atoms. The van der Waals surface area contributed by atoms with Crippen LogP contribution in [0.25, 0.3) is 11.2 Å². The maximum absolute atomic E-state index is 12.5. The second-order valence-electron chi connectivity index (χ2n) is 6.99. The van der Waals surface area contributed by atoms with Gasteiger partial charge in [0.2, 0.25) is 0 Å². The van der Waals surface area contributed by atoms with Gasteiger partial charge in [0.15, 0.2) is 11.5 Å². The van der Waals surface area contributed by atoms with E-state index in [0.717, 1.165) is 25.2 Å². The minimum Gasteiger partial charge on any atom is -0.343 e. The zero-order chi connectivity index (χ0) is 16.3. The molecule has 124 valence electrons. The normalized spacial score (nSPS) is 17.1.